The first kappa shape index (κ1) is 12.4. The minimum Gasteiger partial charge on any atom is -0.306 e. The normalized spacial score (nSPS) is 16.8. The van der Waals surface area contributed by atoms with Gasteiger partial charge in [-0.3, -0.25) is 4.98 Å². The van der Waals surface area contributed by atoms with E-state index in [0.29, 0.717) is 0 Å². The molecule has 1 aromatic heterocycles. The number of benzene rings is 1. The van der Waals surface area contributed by atoms with E-state index >= 15 is 0 Å². The Kier molecular flexibility index (Phi) is 3.89. The van der Waals surface area contributed by atoms with E-state index in [2.05, 4.69) is 52.8 Å². The molecule has 0 bridgehead atoms. The van der Waals surface area contributed by atoms with Crippen LogP contribution in [0.4, 0.5) is 0 Å². The zero-order chi connectivity index (χ0) is 12.9. The molecule has 2 heteroatoms. The number of nitrogens with one attached hydrogen (secondary N) is 1. The Morgan fingerprint density at radius 2 is 1.68 bits per heavy atom. The van der Waals surface area contributed by atoms with Crippen LogP contribution in [-0.4, -0.2) is 11.5 Å². The monoisotopic (exact) mass is 252 g/mol. The molecule has 0 amide bonds. The summed E-state index contributed by atoms with van der Waals surface area (Å²) in [6, 6.07) is 15.2. The van der Waals surface area contributed by atoms with Crippen molar-refractivity contribution in [2.45, 2.75) is 25.3 Å². The SMILES string of the molecule is c1ccc(C(NCC2CCC2)c2ccncc2)cc1. The molecule has 1 aliphatic rings. The Bertz CT molecular complexity index is 452. The Hall–Kier alpha value is -1.67. The maximum absolute atomic E-state index is 4.12. The molecular formula is C17H20N2. The Balaban J connectivity index is 1.78. The van der Waals surface area contributed by atoms with Gasteiger partial charge in [-0.1, -0.05) is 36.8 Å². The maximum Gasteiger partial charge on any atom is 0.0577 e. The third kappa shape index (κ3) is 3.02. The van der Waals surface area contributed by atoms with E-state index in [4.69, 9.17) is 0 Å². The summed E-state index contributed by atoms with van der Waals surface area (Å²) in [5, 5.41) is 3.73. The topological polar surface area (TPSA) is 24.9 Å². The lowest BCUT2D eigenvalue weighted by Gasteiger charge is -2.29. The van der Waals surface area contributed by atoms with Gasteiger partial charge >= 0.3 is 0 Å². The van der Waals surface area contributed by atoms with Crippen molar-refractivity contribution < 1.29 is 0 Å². The average Bonchev–Trinajstić information content (AvgIpc) is 2.43. The second kappa shape index (κ2) is 5.98. The average molecular weight is 252 g/mol. The lowest BCUT2D eigenvalue weighted by molar-refractivity contribution is 0.295. The minimum absolute atomic E-state index is 0.282. The maximum atomic E-state index is 4.12. The Morgan fingerprint density at radius 3 is 2.32 bits per heavy atom. The molecule has 2 nitrogen and oxygen atoms in total. The molecule has 1 heterocycles. The Labute approximate surface area is 114 Å². The molecular weight excluding hydrogens is 232 g/mol. The van der Waals surface area contributed by atoms with Crippen molar-refractivity contribution in [3.8, 4) is 0 Å². The summed E-state index contributed by atoms with van der Waals surface area (Å²) >= 11 is 0. The van der Waals surface area contributed by atoms with Gasteiger partial charge in [0.25, 0.3) is 0 Å². The highest BCUT2D eigenvalue weighted by atomic mass is 14.9. The number of pyridine rings is 1. The number of hydrogen-bond acceptors (Lipinski definition) is 2. The number of rotatable bonds is 5. The third-order valence-electron chi connectivity index (χ3n) is 4.01. The number of nitrogens with zero attached hydrogens (tertiary/aromatic N) is 1. The van der Waals surface area contributed by atoms with Crippen LogP contribution in [0.3, 0.4) is 0 Å². The molecule has 0 saturated heterocycles. The van der Waals surface area contributed by atoms with Crippen LogP contribution in [0.5, 0.6) is 0 Å². The zero-order valence-electron chi connectivity index (χ0n) is 11.1. The van der Waals surface area contributed by atoms with E-state index in [1.54, 1.807) is 0 Å². The van der Waals surface area contributed by atoms with Crippen molar-refractivity contribution in [2.75, 3.05) is 6.54 Å². The lowest BCUT2D eigenvalue weighted by Crippen LogP contribution is -2.31. The second-order valence-electron chi connectivity index (χ2n) is 5.33. The van der Waals surface area contributed by atoms with Crippen LogP contribution in [0.25, 0.3) is 0 Å². The van der Waals surface area contributed by atoms with Crippen LogP contribution in [0.1, 0.15) is 36.4 Å². The number of hydrogen-bond donors (Lipinski definition) is 1. The standard InChI is InChI=1S/C17H20N2/c1-2-7-15(8-3-1)17(16-9-11-18-12-10-16)19-13-14-5-4-6-14/h1-3,7-12,14,17,19H,4-6,13H2. The van der Waals surface area contributed by atoms with E-state index in [9.17, 15) is 0 Å². The van der Waals surface area contributed by atoms with Crippen LogP contribution in [0, 0.1) is 5.92 Å². The van der Waals surface area contributed by atoms with Crippen LogP contribution in [-0.2, 0) is 0 Å². The molecule has 1 N–H and O–H groups in total. The summed E-state index contributed by atoms with van der Waals surface area (Å²) in [6.45, 7) is 1.11. The van der Waals surface area contributed by atoms with Gasteiger partial charge in [-0.05, 0) is 48.6 Å². The van der Waals surface area contributed by atoms with Crippen molar-refractivity contribution in [1.82, 2.24) is 10.3 Å². The van der Waals surface area contributed by atoms with E-state index in [0.717, 1.165) is 12.5 Å². The van der Waals surface area contributed by atoms with Gasteiger partial charge in [0, 0.05) is 12.4 Å². The smallest absolute Gasteiger partial charge is 0.0577 e. The van der Waals surface area contributed by atoms with Crippen LogP contribution in [0.15, 0.2) is 54.9 Å². The highest BCUT2D eigenvalue weighted by Crippen LogP contribution is 2.27. The molecule has 1 aliphatic carbocycles. The molecule has 0 radical (unpaired) electrons. The summed E-state index contributed by atoms with van der Waals surface area (Å²) < 4.78 is 0. The van der Waals surface area contributed by atoms with Crippen LogP contribution >= 0.6 is 0 Å². The molecule has 1 unspecified atom stereocenters. The van der Waals surface area contributed by atoms with Crippen molar-refractivity contribution >= 4 is 0 Å². The highest BCUT2D eigenvalue weighted by molar-refractivity contribution is 5.30. The molecule has 0 spiro atoms. The van der Waals surface area contributed by atoms with Gasteiger partial charge in [0.05, 0.1) is 6.04 Å². The quantitative estimate of drug-likeness (QED) is 0.880. The molecule has 1 aromatic carbocycles. The van der Waals surface area contributed by atoms with E-state index in [1.807, 2.05) is 12.4 Å². The summed E-state index contributed by atoms with van der Waals surface area (Å²) in [5.41, 5.74) is 2.62. The van der Waals surface area contributed by atoms with Gasteiger partial charge in [-0.15, -0.1) is 0 Å². The molecule has 19 heavy (non-hydrogen) atoms. The van der Waals surface area contributed by atoms with E-state index < -0.39 is 0 Å². The predicted octanol–water partition coefficient (Wildman–Crippen LogP) is 3.56. The van der Waals surface area contributed by atoms with Crippen LogP contribution < -0.4 is 5.32 Å². The molecule has 98 valence electrons. The summed E-state index contributed by atoms with van der Waals surface area (Å²) in [7, 11) is 0. The molecule has 1 saturated carbocycles. The Morgan fingerprint density at radius 1 is 1.00 bits per heavy atom. The van der Waals surface area contributed by atoms with Gasteiger partial charge < -0.3 is 5.32 Å². The van der Waals surface area contributed by atoms with E-state index in [-0.39, 0.29) is 6.04 Å². The summed E-state index contributed by atoms with van der Waals surface area (Å²) in [6.07, 6.45) is 7.90. The fourth-order valence-electron chi connectivity index (χ4n) is 2.61. The third-order valence-corrected chi connectivity index (χ3v) is 4.01. The van der Waals surface area contributed by atoms with Gasteiger partial charge in [0.2, 0.25) is 0 Å². The summed E-state index contributed by atoms with van der Waals surface area (Å²) in [4.78, 5) is 4.12. The number of aromatic nitrogens is 1. The van der Waals surface area contributed by atoms with Gasteiger partial charge in [0.15, 0.2) is 0 Å². The molecule has 2 aromatic rings. The van der Waals surface area contributed by atoms with Gasteiger partial charge in [-0.2, -0.15) is 0 Å². The van der Waals surface area contributed by atoms with Crippen molar-refractivity contribution in [3.63, 3.8) is 0 Å². The molecule has 1 fully saturated rings. The first-order chi connectivity index (χ1) is 9.43. The zero-order valence-corrected chi connectivity index (χ0v) is 11.1. The molecule has 0 aliphatic heterocycles. The van der Waals surface area contributed by atoms with Gasteiger partial charge in [-0.25, -0.2) is 0 Å². The second-order valence-corrected chi connectivity index (χ2v) is 5.33. The minimum atomic E-state index is 0.282. The van der Waals surface area contributed by atoms with Crippen LogP contribution in [0.2, 0.25) is 0 Å². The van der Waals surface area contributed by atoms with Crippen molar-refractivity contribution in [3.05, 3.63) is 66.0 Å². The first-order valence-electron chi connectivity index (χ1n) is 7.12. The fraction of sp³-hybridized carbons (Fsp3) is 0.353. The predicted molar refractivity (Wildman–Crippen MR) is 77.9 cm³/mol. The highest BCUT2D eigenvalue weighted by Gasteiger charge is 2.20. The van der Waals surface area contributed by atoms with Crippen molar-refractivity contribution in [1.29, 1.82) is 0 Å². The lowest BCUT2D eigenvalue weighted by atomic mass is 9.85. The fourth-order valence-corrected chi connectivity index (χ4v) is 2.61. The summed E-state index contributed by atoms with van der Waals surface area (Å²) in [5.74, 6) is 0.869. The molecule has 1 atom stereocenters. The first-order valence-corrected chi connectivity index (χ1v) is 7.12. The molecule has 3 rings (SSSR count). The largest absolute Gasteiger partial charge is 0.306 e. The van der Waals surface area contributed by atoms with Gasteiger partial charge in [0.1, 0.15) is 0 Å². The van der Waals surface area contributed by atoms with Crippen molar-refractivity contribution in [2.24, 2.45) is 5.92 Å². The van der Waals surface area contributed by atoms with E-state index in [1.165, 1.54) is 30.4 Å².